The maximum absolute atomic E-state index is 10.1. The third-order valence-corrected chi connectivity index (χ3v) is 2.99. The van der Waals surface area contributed by atoms with Gasteiger partial charge < -0.3 is 15.5 Å². The van der Waals surface area contributed by atoms with Gasteiger partial charge in [0.05, 0.1) is 6.10 Å². The second-order valence-corrected chi connectivity index (χ2v) is 4.15. The Hall–Kier alpha value is -1.06. The molecule has 0 bridgehead atoms. The quantitative estimate of drug-likeness (QED) is 0.687. The number of phenolic OH excluding ortho intramolecular Hbond substituents is 1. The molecule has 1 aliphatic heterocycles. The van der Waals surface area contributed by atoms with Crippen LogP contribution in [0.15, 0.2) is 24.3 Å². The third kappa shape index (κ3) is 2.49. The highest BCUT2D eigenvalue weighted by atomic mass is 16.3. The molecule has 1 aromatic carbocycles. The number of hydrogen-bond acceptors (Lipinski definition) is 3. The molecule has 2 unspecified atom stereocenters. The summed E-state index contributed by atoms with van der Waals surface area (Å²) in [4.78, 5) is 0. The monoisotopic (exact) mass is 207 g/mol. The van der Waals surface area contributed by atoms with E-state index in [1.54, 1.807) is 18.2 Å². The van der Waals surface area contributed by atoms with Crippen molar-refractivity contribution in [1.82, 2.24) is 5.32 Å². The highest BCUT2D eigenvalue weighted by Gasteiger charge is 2.22. The Labute approximate surface area is 89.8 Å². The molecule has 2 atom stereocenters. The minimum Gasteiger partial charge on any atom is -0.508 e. The summed E-state index contributed by atoms with van der Waals surface area (Å²) in [6, 6.07) is 6.89. The van der Waals surface area contributed by atoms with Crippen molar-refractivity contribution in [2.24, 2.45) is 5.92 Å². The summed E-state index contributed by atoms with van der Waals surface area (Å²) >= 11 is 0. The lowest BCUT2D eigenvalue weighted by molar-refractivity contribution is 0.0919. The van der Waals surface area contributed by atoms with E-state index in [2.05, 4.69) is 5.32 Å². The zero-order chi connectivity index (χ0) is 10.7. The summed E-state index contributed by atoms with van der Waals surface area (Å²) in [6.45, 7) is 1.90. The summed E-state index contributed by atoms with van der Waals surface area (Å²) in [5.74, 6) is 0.482. The number of hydrogen-bond donors (Lipinski definition) is 3. The molecule has 1 aromatic rings. The zero-order valence-electron chi connectivity index (χ0n) is 8.69. The van der Waals surface area contributed by atoms with Gasteiger partial charge in [0.2, 0.25) is 0 Å². The van der Waals surface area contributed by atoms with E-state index < -0.39 is 6.10 Å². The van der Waals surface area contributed by atoms with Crippen LogP contribution in [0.5, 0.6) is 5.75 Å². The van der Waals surface area contributed by atoms with Gasteiger partial charge in [0.15, 0.2) is 0 Å². The van der Waals surface area contributed by atoms with E-state index in [0.717, 1.165) is 31.5 Å². The predicted molar refractivity (Wildman–Crippen MR) is 58.7 cm³/mol. The Bertz CT molecular complexity index is 321. The summed E-state index contributed by atoms with van der Waals surface area (Å²) in [6.07, 6.45) is 1.69. The molecule has 0 amide bonds. The van der Waals surface area contributed by atoms with Crippen LogP contribution in [0.1, 0.15) is 24.5 Å². The summed E-state index contributed by atoms with van der Waals surface area (Å²) < 4.78 is 0. The SMILES string of the molecule is Oc1cccc(C(O)C2CCCNC2)c1. The number of benzene rings is 1. The van der Waals surface area contributed by atoms with Crippen LogP contribution in [0.3, 0.4) is 0 Å². The van der Waals surface area contributed by atoms with Crippen molar-refractivity contribution in [1.29, 1.82) is 0 Å². The van der Waals surface area contributed by atoms with Crippen molar-refractivity contribution in [3.8, 4) is 5.75 Å². The second-order valence-electron chi connectivity index (χ2n) is 4.15. The molecule has 0 aromatic heterocycles. The Kier molecular flexibility index (Phi) is 3.23. The molecule has 0 aliphatic carbocycles. The van der Waals surface area contributed by atoms with E-state index in [1.165, 1.54) is 0 Å². The van der Waals surface area contributed by atoms with Gasteiger partial charge in [-0.3, -0.25) is 0 Å². The number of rotatable bonds is 2. The lowest BCUT2D eigenvalue weighted by atomic mass is 9.89. The van der Waals surface area contributed by atoms with E-state index in [1.807, 2.05) is 6.07 Å². The minimum atomic E-state index is -0.468. The molecule has 82 valence electrons. The zero-order valence-corrected chi connectivity index (χ0v) is 8.69. The lowest BCUT2D eigenvalue weighted by Crippen LogP contribution is -2.33. The fourth-order valence-electron chi connectivity index (χ4n) is 2.13. The third-order valence-electron chi connectivity index (χ3n) is 2.99. The van der Waals surface area contributed by atoms with Gasteiger partial charge in [0, 0.05) is 12.5 Å². The molecule has 3 heteroatoms. The normalized spacial score (nSPS) is 23.7. The van der Waals surface area contributed by atoms with Crippen molar-refractivity contribution < 1.29 is 10.2 Å². The maximum Gasteiger partial charge on any atom is 0.115 e. The first kappa shape index (κ1) is 10.5. The van der Waals surface area contributed by atoms with E-state index in [4.69, 9.17) is 0 Å². The topological polar surface area (TPSA) is 52.5 Å². The molecule has 1 fully saturated rings. The average Bonchev–Trinajstić information content (AvgIpc) is 2.29. The largest absolute Gasteiger partial charge is 0.508 e. The molecule has 0 spiro atoms. The van der Waals surface area contributed by atoms with Gasteiger partial charge in [-0.05, 0) is 37.1 Å². The van der Waals surface area contributed by atoms with Crippen LogP contribution in [-0.2, 0) is 0 Å². The van der Waals surface area contributed by atoms with Crippen LogP contribution in [0.4, 0.5) is 0 Å². The number of aliphatic hydroxyl groups is 1. The van der Waals surface area contributed by atoms with Crippen LogP contribution < -0.4 is 5.32 Å². The Morgan fingerprint density at radius 1 is 1.40 bits per heavy atom. The van der Waals surface area contributed by atoms with E-state index in [-0.39, 0.29) is 11.7 Å². The van der Waals surface area contributed by atoms with Gasteiger partial charge in [-0.2, -0.15) is 0 Å². The lowest BCUT2D eigenvalue weighted by Gasteiger charge is -2.27. The number of piperidine rings is 1. The van der Waals surface area contributed by atoms with Gasteiger partial charge >= 0.3 is 0 Å². The van der Waals surface area contributed by atoms with E-state index in [9.17, 15) is 10.2 Å². The Morgan fingerprint density at radius 3 is 2.93 bits per heavy atom. The number of phenols is 1. The van der Waals surface area contributed by atoms with E-state index >= 15 is 0 Å². The standard InChI is InChI=1S/C12H17NO2/c14-11-5-1-3-9(7-11)12(15)10-4-2-6-13-8-10/h1,3,5,7,10,12-15H,2,4,6,8H2. The van der Waals surface area contributed by atoms with Gasteiger partial charge in [-0.1, -0.05) is 12.1 Å². The molecule has 1 aliphatic rings. The minimum absolute atomic E-state index is 0.218. The van der Waals surface area contributed by atoms with Gasteiger partial charge in [0.25, 0.3) is 0 Å². The highest BCUT2D eigenvalue weighted by molar-refractivity contribution is 5.29. The predicted octanol–water partition coefficient (Wildman–Crippen LogP) is 1.43. The van der Waals surface area contributed by atoms with Gasteiger partial charge in [-0.25, -0.2) is 0 Å². The van der Waals surface area contributed by atoms with Crippen LogP contribution in [0, 0.1) is 5.92 Å². The summed E-state index contributed by atoms with van der Waals surface area (Å²) in [7, 11) is 0. The fourth-order valence-corrected chi connectivity index (χ4v) is 2.13. The molecule has 15 heavy (non-hydrogen) atoms. The number of nitrogens with one attached hydrogen (secondary N) is 1. The smallest absolute Gasteiger partial charge is 0.115 e. The van der Waals surface area contributed by atoms with Crippen molar-refractivity contribution >= 4 is 0 Å². The number of aliphatic hydroxyl groups excluding tert-OH is 1. The number of aromatic hydroxyl groups is 1. The molecule has 2 rings (SSSR count). The van der Waals surface area contributed by atoms with Crippen molar-refractivity contribution in [2.45, 2.75) is 18.9 Å². The summed E-state index contributed by atoms with van der Waals surface area (Å²) in [5, 5.41) is 22.7. The van der Waals surface area contributed by atoms with Crippen molar-refractivity contribution in [3.05, 3.63) is 29.8 Å². The Morgan fingerprint density at radius 2 is 2.27 bits per heavy atom. The van der Waals surface area contributed by atoms with Crippen LogP contribution >= 0.6 is 0 Å². The van der Waals surface area contributed by atoms with Gasteiger partial charge in [-0.15, -0.1) is 0 Å². The van der Waals surface area contributed by atoms with Crippen LogP contribution in [0.2, 0.25) is 0 Å². The molecule has 0 radical (unpaired) electrons. The maximum atomic E-state index is 10.1. The van der Waals surface area contributed by atoms with Crippen molar-refractivity contribution in [2.75, 3.05) is 13.1 Å². The average molecular weight is 207 g/mol. The molecular formula is C12H17NO2. The van der Waals surface area contributed by atoms with Crippen LogP contribution in [-0.4, -0.2) is 23.3 Å². The van der Waals surface area contributed by atoms with Crippen LogP contribution in [0.25, 0.3) is 0 Å². The second kappa shape index (κ2) is 4.64. The highest BCUT2D eigenvalue weighted by Crippen LogP contribution is 2.28. The fraction of sp³-hybridized carbons (Fsp3) is 0.500. The molecule has 3 nitrogen and oxygen atoms in total. The van der Waals surface area contributed by atoms with E-state index in [0.29, 0.717) is 0 Å². The first-order chi connectivity index (χ1) is 7.27. The summed E-state index contributed by atoms with van der Waals surface area (Å²) in [5.41, 5.74) is 0.809. The molecule has 3 N–H and O–H groups in total. The molecule has 0 saturated carbocycles. The molecular weight excluding hydrogens is 190 g/mol. The van der Waals surface area contributed by atoms with Gasteiger partial charge in [0.1, 0.15) is 5.75 Å². The van der Waals surface area contributed by atoms with Crippen molar-refractivity contribution in [3.63, 3.8) is 0 Å². The molecule has 1 saturated heterocycles. The molecule has 1 heterocycles. The first-order valence-electron chi connectivity index (χ1n) is 5.45. The first-order valence-corrected chi connectivity index (χ1v) is 5.45. The Balaban J connectivity index is 2.08.